The van der Waals surface area contributed by atoms with Crippen LogP contribution in [0.2, 0.25) is 0 Å². The maximum atomic E-state index is 4.72. The minimum absolute atomic E-state index is 0.0609. The van der Waals surface area contributed by atoms with Crippen molar-refractivity contribution < 1.29 is 4.57 Å². The predicted molar refractivity (Wildman–Crippen MR) is 119 cm³/mol. The van der Waals surface area contributed by atoms with Gasteiger partial charge in [0.25, 0.3) is 0 Å². The molecule has 1 aliphatic carbocycles. The average Bonchev–Trinajstić information content (AvgIpc) is 2.95. The molecule has 5 rings (SSSR count). The molecule has 0 aliphatic heterocycles. The first-order chi connectivity index (χ1) is 14.0. The number of benzene rings is 2. The Morgan fingerprint density at radius 2 is 1.59 bits per heavy atom. The number of aryl methyl sites for hydroxylation is 2. The normalized spacial score (nSPS) is 13.8. The van der Waals surface area contributed by atoms with Gasteiger partial charge in [-0.3, -0.25) is 4.98 Å². The van der Waals surface area contributed by atoms with Crippen molar-refractivity contribution in [1.82, 2.24) is 4.98 Å². The van der Waals surface area contributed by atoms with Crippen molar-refractivity contribution in [3.05, 3.63) is 95.9 Å². The van der Waals surface area contributed by atoms with Gasteiger partial charge >= 0.3 is 0 Å². The SMILES string of the molecule is Cc1cc2c(cc1-c1ccc(-c3ccccc3)c[n+]1C)-c1cccnc1C2(C)C. The third kappa shape index (κ3) is 2.71. The van der Waals surface area contributed by atoms with Crippen LogP contribution < -0.4 is 4.57 Å². The number of fused-ring (bicyclic) bond motifs is 3. The number of pyridine rings is 2. The van der Waals surface area contributed by atoms with Crippen molar-refractivity contribution in [2.24, 2.45) is 7.05 Å². The molecule has 0 amide bonds. The molecule has 0 spiro atoms. The third-order valence-electron chi connectivity index (χ3n) is 6.24. The van der Waals surface area contributed by atoms with Gasteiger partial charge in [-0.15, -0.1) is 0 Å². The number of nitrogens with zero attached hydrogens (tertiary/aromatic N) is 2. The van der Waals surface area contributed by atoms with E-state index in [0.717, 1.165) is 0 Å². The summed E-state index contributed by atoms with van der Waals surface area (Å²) in [5, 5.41) is 0. The number of hydrogen-bond donors (Lipinski definition) is 0. The molecule has 0 radical (unpaired) electrons. The maximum absolute atomic E-state index is 4.72. The van der Waals surface area contributed by atoms with E-state index in [4.69, 9.17) is 4.98 Å². The molecular weight excluding hydrogens is 352 g/mol. The van der Waals surface area contributed by atoms with Gasteiger partial charge in [0, 0.05) is 34.4 Å². The van der Waals surface area contributed by atoms with Crippen molar-refractivity contribution in [2.45, 2.75) is 26.2 Å². The molecule has 0 unspecified atom stereocenters. The van der Waals surface area contributed by atoms with Crippen molar-refractivity contribution in [1.29, 1.82) is 0 Å². The summed E-state index contributed by atoms with van der Waals surface area (Å²) in [6.45, 7) is 6.77. The second-order valence-electron chi connectivity index (χ2n) is 8.52. The molecule has 0 saturated carbocycles. The summed E-state index contributed by atoms with van der Waals surface area (Å²) in [5.41, 5.74) is 11.3. The lowest BCUT2D eigenvalue weighted by Crippen LogP contribution is -2.31. The standard InChI is InChI=1S/C27H25N2/c1-18-15-24-23(21-11-8-14-28-26(21)27(24,2)3)16-22(18)25-13-12-20(17-29(25)4)19-9-6-5-7-10-19/h5-17H,1-4H3/q+1. The molecular formula is C27H25N2+. The lowest BCUT2D eigenvalue weighted by atomic mass is 9.83. The van der Waals surface area contributed by atoms with Gasteiger partial charge in [0.05, 0.1) is 5.69 Å². The number of hydrogen-bond acceptors (Lipinski definition) is 1. The number of rotatable bonds is 2. The van der Waals surface area contributed by atoms with Crippen LogP contribution in [-0.4, -0.2) is 4.98 Å². The molecule has 29 heavy (non-hydrogen) atoms. The van der Waals surface area contributed by atoms with Gasteiger partial charge in [-0.25, -0.2) is 4.57 Å². The molecule has 1 aliphatic rings. The van der Waals surface area contributed by atoms with Crippen LogP contribution in [0.25, 0.3) is 33.5 Å². The Balaban J connectivity index is 1.66. The third-order valence-corrected chi connectivity index (χ3v) is 6.24. The Kier molecular flexibility index (Phi) is 3.92. The highest BCUT2D eigenvalue weighted by Gasteiger charge is 2.37. The summed E-state index contributed by atoms with van der Waals surface area (Å²) in [4.78, 5) is 4.72. The molecule has 2 heterocycles. The summed E-state index contributed by atoms with van der Waals surface area (Å²) in [5.74, 6) is 0. The minimum Gasteiger partial charge on any atom is -0.260 e. The highest BCUT2D eigenvalue weighted by atomic mass is 14.9. The quantitative estimate of drug-likeness (QED) is 0.400. The van der Waals surface area contributed by atoms with E-state index in [1.165, 1.54) is 50.3 Å². The van der Waals surface area contributed by atoms with Gasteiger partial charge in [-0.05, 0) is 47.4 Å². The first-order valence-corrected chi connectivity index (χ1v) is 10.1. The molecule has 0 atom stereocenters. The van der Waals surface area contributed by atoms with Crippen molar-refractivity contribution in [3.8, 4) is 33.5 Å². The molecule has 0 bridgehead atoms. The predicted octanol–water partition coefficient (Wildman–Crippen LogP) is 5.85. The molecule has 2 nitrogen and oxygen atoms in total. The van der Waals surface area contributed by atoms with Crippen LogP contribution in [-0.2, 0) is 12.5 Å². The van der Waals surface area contributed by atoms with Crippen LogP contribution in [0.3, 0.4) is 0 Å². The van der Waals surface area contributed by atoms with E-state index in [2.05, 4.69) is 99.2 Å². The number of aromatic nitrogens is 2. The van der Waals surface area contributed by atoms with E-state index in [9.17, 15) is 0 Å². The van der Waals surface area contributed by atoms with Crippen LogP contribution in [0, 0.1) is 6.92 Å². The van der Waals surface area contributed by atoms with Crippen LogP contribution >= 0.6 is 0 Å². The van der Waals surface area contributed by atoms with E-state index in [0.29, 0.717) is 0 Å². The smallest absolute Gasteiger partial charge is 0.212 e. The molecule has 142 valence electrons. The Morgan fingerprint density at radius 1 is 0.793 bits per heavy atom. The Labute approximate surface area is 172 Å². The molecule has 0 saturated heterocycles. The maximum Gasteiger partial charge on any atom is 0.212 e. The van der Waals surface area contributed by atoms with E-state index < -0.39 is 0 Å². The molecule has 0 N–H and O–H groups in total. The molecule has 0 fully saturated rings. The lowest BCUT2D eigenvalue weighted by molar-refractivity contribution is -0.659. The topological polar surface area (TPSA) is 16.8 Å². The fourth-order valence-electron chi connectivity index (χ4n) is 4.66. The summed E-state index contributed by atoms with van der Waals surface area (Å²) < 4.78 is 2.24. The lowest BCUT2D eigenvalue weighted by Gasteiger charge is -2.21. The van der Waals surface area contributed by atoms with Gasteiger partial charge in [-0.2, -0.15) is 0 Å². The Morgan fingerprint density at radius 3 is 2.34 bits per heavy atom. The van der Waals surface area contributed by atoms with Gasteiger partial charge in [0.1, 0.15) is 7.05 Å². The van der Waals surface area contributed by atoms with Gasteiger partial charge < -0.3 is 0 Å². The molecule has 2 aromatic heterocycles. The second-order valence-corrected chi connectivity index (χ2v) is 8.52. The van der Waals surface area contributed by atoms with Crippen molar-refractivity contribution in [2.75, 3.05) is 0 Å². The zero-order valence-corrected chi connectivity index (χ0v) is 17.4. The largest absolute Gasteiger partial charge is 0.260 e. The molecule has 2 heteroatoms. The molecule has 4 aromatic rings. The van der Waals surface area contributed by atoms with Gasteiger partial charge in [0.2, 0.25) is 5.69 Å². The zero-order chi connectivity index (χ0) is 20.2. The second kappa shape index (κ2) is 6.38. The molecule has 2 aromatic carbocycles. The summed E-state index contributed by atoms with van der Waals surface area (Å²) in [6, 6.07) is 23.9. The first kappa shape index (κ1) is 17.8. The summed E-state index contributed by atoms with van der Waals surface area (Å²) in [6.07, 6.45) is 4.12. The zero-order valence-electron chi connectivity index (χ0n) is 17.4. The van der Waals surface area contributed by atoms with Crippen molar-refractivity contribution >= 4 is 0 Å². The fraction of sp³-hybridized carbons (Fsp3) is 0.185. The van der Waals surface area contributed by atoms with Gasteiger partial charge in [0.15, 0.2) is 6.20 Å². The van der Waals surface area contributed by atoms with Crippen LogP contribution in [0.5, 0.6) is 0 Å². The van der Waals surface area contributed by atoms with E-state index >= 15 is 0 Å². The minimum atomic E-state index is -0.0609. The first-order valence-electron chi connectivity index (χ1n) is 10.1. The van der Waals surface area contributed by atoms with Crippen LogP contribution in [0.1, 0.15) is 30.7 Å². The summed E-state index contributed by atoms with van der Waals surface area (Å²) >= 11 is 0. The monoisotopic (exact) mass is 377 g/mol. The van der Waals surface area contributed by atoms with E-state index in [1.54, 1.807) is 0 Å². The average molecular weight is 378 g/mol. The Hall–Kier alpha value is -3.26. The van der Waals surface area contributed by atoms with Crippen LogP contribution in [0.15, 0.2) is 79.1 Å². The van der Waals surface area contributed by atoms with E-state index in [-0.39, 0.29) is 5.41 Å². The Bertz CT molecular complexity index is 1240. The summed E-state index contributed by atoms with van der Waals surface area (Å²) in [7, 11) is 2.13. The fourth-order valence-corrected chi connectivity index (χ4v) is 4.66. The van der Waals surface area contributed by atoms with Crippen LogP contribution in [0.4, 0.5) is 0 Å². The highest BCUT2D eigenvalue weighted by Crippen LogP contribution is 2.49. The highest BCUT2D eigenvalue weighted by molar-refractivity contribution is 5.83. The van der Waals surface area contributed by atoms with Crippen molar-refractivity contribution in [3.63, 3.8) is 0 Å². The van der Waals surface area contributed by atoms with Gasteiger partial charge in [-0.1, -0.05) is 56.3 Å². The van der Waals surface area contributed by atoms with E-state index in [1.807, 2.05) is 12.3 Å².